The fourth-order valence-corrected chi connectivity index (χ4v) is 2.78. The van der Waals surface area contributed by atoms with Gasteiger partial charge in [0.25, 0.3) is 0 Å². The molecule has 3 nitrogen and oxygen atoms in total. The molecule has 0 radical (unpaired) electrons. The van der Waals surface area contributed by atoms with Gasteiger partial charge in [-0.25, -0.2) is 4.98 Å². The zero-order chi connectivity index (χ0) is 13.0. The van der Waals surface area contributed by atoms with Crippen LogP contribution in [-0.2, 0) is 6.54 Å². The molecule has 1 heterocycles. The number of nitrogens with one attached hydrogen (secondary N) is 1. The summed E-state index contributed by atoms with van der Waals surface area (Å²) in [4.78, 5) is 6.88. The summed E-state index contributed by atoms with van der Waals surface area (Å²) in [6.07, 6.45) is 7.23. The van der Waals surface area contributed by atoms with E-state index in [4.69, 9.17) is 0 Å². The van der Waals surface area contributed by atoms with Gasteiger partial charge in [-0.1, -0.05) is 6.92 Å². The van der Waals surface area contributed by atoms with Gasteiger partial charge in [-0.2, -0.15) is 0 Å². The van der Waals surface area contributed by atoms with Crippen LogP contribution in [-0.4, -0.2) is 25.1 Å². The lowest BCUT2D eigenvalue weighted by Crippen LogP contribution is -2.35. The van der Waals surface area contributed by atoms with Crippen molar-refractivity contribution < 1.29 is 0 Å². The van der Waals surface area contributed by atoms with Crippen molar-refractivity contribution in [2.45, 2.75) is 45.2 Å². The van der Waals surface area contributed by atoms with Gasteiger partial charge in [-0.05, 0) is 56.3 Å². The summed E-state index contributed by atoms with van der Waals surface area (Å²) in [6, 6.07) is 4.95. The highest BCUT2D eigenvalue weighted by atomic mass is 15.2. The van der Waals surface area contributed by atoms with Gasteiger partial charge in [0.15, 0.2) is 0 Å². The smallest absolute Gasteiger partial charge is 0.128 e. The van der Waals surface area contributed by atoms with E-state index in [1.165, 1.54) is 31.2 Å². The number of hydrogen-bond acceptors (Lipinski definition) is 3. The molecule has 1 fully saturated rings. The molecule has 0 aromatic carbocycles. The van der Waals surface area contributed by atoms with Gasteiger partial charge in [0, 0.05) is 25.8 Å². The summed E-state index contributed by atoms with van der Waals surface area (Å²) in [5.41, 5.74) is 1.30. The monoisotopic (exact) mass is 247 g/mol. The minimum absolute atomic E-state index is 0.665. The van der Waals surface area contributed by atoms with E-state index < -0.39 is 0 Å². The molecular formula is C15H25N3. The Morgan fingerprint density at radius 3 is 2.72 bits per heavy atom. The van der Waals surface area contributed by atoms with E-state index in [-0.39, 0.29) is 0 Å². The zero-order valence-electron chi connectivity index (χ0n) is 11.8. The number of nitrogens with zero attached hydrogens (tertiary/aromatic N) is 2. The first-order chi connectivity index (χ1) is 8.70. The molecule has 18 heavy (non-hydrogen) atoms. The molecule has 0 spiro atoms. The number of aromatic nitrogens is 1. The topological polar surface area (TPSA) is 28.2 Å². The molecule has 0 amide bonds. The number of pyridine rings is 1. The Labute approximate surface area is 111 Å². The van der Waals surface area contributed by atoms with E-state index in [1.54, 1.807) is 0 Å². The highest BCUT2D eigenvalue weighted by molar-refractivity contribution is 5.41. The van der Waals surface area contributed by atoms with Crippen molar-refractivity contribution in [3.05, 3.63) is 23.9 Å². The minimum Gasteiger partial charge on any atom is -0.357 e. The summed E-state index contributed by atoms with van der Waals surface area (Å²) in [5.74, 6) is 2.01. The highest BCUT2D eigenvalue weighted by Crippen LogP contribution is 2.28. The summed E-state index contributed by atoms with van der Waals surface area (Å²) < 4.78 is 0. The van der Waals surface area contributed by atoms with Crippen LogP contribution in [0.15, 0.2) is 18.3 Å². The third-order valence-electron chi connectivity index (χ3n) is 4.09. The maximum atomic E-state index is 4.51. The van der Waals surface area contributed by atoms with Gasteiger partial charge in [-0.15, -0.1) is 0 Å². The molecule has 0 aliphatic heterocycles. The number of anilines is 1. The average Bonchev–Trinajstić information content (AvgIpc) is 2.39. The zero-order valence-corrected chi connectivity index (χ0v) is 11.8. The van der Waals surface area contributed by atoms with Crippen LogP contribution in [0, 0.1) is 5.92 Å². The fraction of sp³-hybridized carbons (Fsp3) is 0.667. The van der Waals surface area contributed by atoms with Crippen LogP contribution in [0.2, 0.25) is 0 Å². The summed E-state index contributed by atoms with van der Waals surface area (Å²) in [7, 11) is 4.17. The lowest BCUT2D eigenvalue weighted by atomic mass is 9.87. The molecular weight excluding hydrogens is 222 g/mol. The number of rotatable bonds is 4. The lowest BCUT2D eigenvalue weighted by molar-refractivity contribution is 0.340. The SMILES string of the molecule is CNCc1ccnc(N(C)C2CCC(C)CC2)c1. The molecule has 1 saturated carbocycles. The van der Waals surface area contributed by atoms with Crippen molar-refractivity contribution in [1.29, 1.82) is 0 Å². The summed E-state index contributed by atoms with van der Waals surface area (Å²) in [6.45, 7) is 3.27. The molecule has 1 aliphatic rings. The molecule has 1 aliphatic carbocycles. The van der Waals surface area contributed by atoms with Crippen LogP contribution in [0.4, 0.5) is 5.82 Å². The first kappa shape index (κ1) is 13.3. The Hall–Kier alpha value is -1.09. The second kappa shape index (κ2) is 6.19. The van der Waals surface area contributed by atoms with Gasteiger partial charge < -0.3 is 10.2 Å². The first-order valence-corrected chi connectivity index (χ1v) is 7.03. The van der Waals surface area contributed by atoms with Crippen molar-refractivity contribution in [3.63, 3.8) is 0 Å². The van der Waals surface area contributed by atoms with E-state index in [0.29, 0.717) is 6.04 Å². The Balaban J connectivity index is 2.03. The van der Waals surface area contributed by atoms with Gasteiger partial charge in [0.05, 0.1) is 0 Å². The maximum absolute atomic E-state index is 4.51. The molecule has 0 unspecified atom stereocenters. The van der Waals surface area contributed by atoms with Crippen molar-refractivity contribution in [2.75, 3.05) is 19.0 Å². The van der Waals surface area contributed by atoms with Gasteiger partial charge in [0.2, 0.25) is 0 Å². The second-order valence-corrected chi connectivity index (χ2v) is 5.58. The third-order valence-corrected chi connectivity index (χ3v) is 4.09. The van der Waals surface area contributed by atoms with Crippen molar-refractivity contribution >= 4 is 5.82 Å². The van der Waals surface area contributed by atoms with E-state index >= 15 is 0 Å². The molecule has 1 aromatic heterocycles. The third kappa shape index (κ3) is 3.22. The van der Waals surface area contributed by atoms with Crippen molar-refractivity contribution in [2.24, 2.45) is 5.92 Å². The molecule has 2 rings (SSSR count). The van der Waals surface area contributed by atoms with Crippen LogP contribution in [0.1, 0.15) is 38.2 Å². The molecule has 1 N–H and O–H groups in total. The van der Waals surface area contributed by atoms with Crippen LogP contribution in [0.3, 0.4) is 0 Å². The molecule has 1 aromatic rings. The van der Waals surface area contributed by atoms with E-state index in [1.807, 2.05) is 13.2 Å². The molecule has 0 bridgehead atoms. The molecule has 0 saturated heterocycles. The predicted molar refractivity (Wildman–Crippen MR) is 76.8 cm³/mol. The highest BCUT2D eigenvalue weighted by Gasteiger charge is 2.22. The van der Waals surface area contributed by atoms with Crippen LogP contribution in [0.5, 0.6) is 0 Å². The van der Waals surface area contributed by atoms with E-state index in [0.717, 1.165) is 18.3 Å². The van der Waals surface area contributed by atoms with E-state index in [9.17, 15) is 0 Å². The fourth-order valence-electron chi connectivity index (χ4n) is 2.78. The Bertz CT molecular complexity index is 370. The number of hydrogen-bond donors (Lipinski definition) is 1. The predicted octanol–water partition coefficient (Wildman–Crippen LogP) is 2.82. The Morgan fingerprint density at radius 2 is 2.06 bits per heavy atom. The molecule has 100 valence electrons. The average molecular weight is 247 g/mol. The molecule has 0 atom stereocenters. The maximum Gasteiger partial charge on any atom is 0.128 e. The Morgan fingerprint density at radius 1 is 1.33 bits per heavy atom. The normalized spacial score (nSPS) is 23.9. The first-order valence-electron chi connectivity index (χ1n) is 7.03. The van der Waals surface area contributed by atoms with Crippen LogP contribution in [0.25, 0.3) is 0 Å². The standard InChI is InChI=1S/C15H25N3/c1-12-4-6-14(7-5-12)18(3)15-10-13(11-16-2)8-9-17-15/h8-10,12,14,16H,4-7,11H2,1-3H3. The van der Waals surface area contributed by atoms with E-state index in [2.05, 4.69) is 41.3 Å². The van der Waals surface area contributed by atoms with Gasteiger partial charge in [0.1, 0.15) is 5.82 Å². The minimum atomic E-state index is 0.665. The van der Waals surface area contributed by atoms with Crippen LogP contribution < -0.4 is 10.2 Å². The second-order valence-electron chi connectivity index (χ2n) is 5.58. The lowest BCUT2D eigenvalue weighted by Gasteiger charge is -2.34. The van der Waals surface area contributed by atoms with Crippen molar-refractivity contribution in [1.82, 2.24) is 10.3 Å². The summed E-state index contributed by atoms with van der Waals surface area (Å²) >= 11 is 0. The Kier molecular flexibility index (Phi) is 4.59. The summed E-state index contributed by atoms with van der Waals surface area (Å²) in [5, 5.41) is 3.19. The van der Waals surface area contributed by atoms with Gasteiger partial charge in [-0.3, -0.25) is 0 Å². The largest absolute Gasteiger partial charge is 0.357 e. The van der Waals surface area contributed by atoms with Crippen molar-refractivity contribution in [3.8, 4) is 0 Å². The van der Waals surface area contributed by atoms with Crippen LogP contribution >= 0.6 is 0 Å². The molecule has 3 heteroatoms. The quantitative estimate of drug-likeness (QED) is 0.887. The van der Waals surface area contributed by atoms with Gasteiger partial charge >= 0.3 is 0 Å².